The summed E-state index contributed by atoms with van der Waals surface area (Å²) in [6.45, 7) is 3.05. The fourth-order valence-electron chi connectivity index (χ4n) is 1.79. The highest BCUT2D eigenvalue weighted by atomic mass is 16.1. The second-order valence-electron chi connectivity index (χ2n) is 3.78. The Morgan fingerprint density at radius 2 is 2.08 bits per heavy atom. The molecule has 0 saturated heterocycles. The Hall–Kier alpha value is -0.630. The number of nitrogens with zero attached hydrogens (tertiary/aromatic N) is 1. The van der Waals surface area contributed by atoms with Gasteiger partial charge in [-0.3, -0.25) is 9.69 Å². The highest BCUT2D eigenvalue weighted by molar-refractivity contribution is 5.79. The van der Waals surface area contributed by atoms with Crippen LogP contribution < -0.4 is 0 Å². The van der Waals surface area contributed by atoms with E-state index in [9.17, 15) is 4.79 Å². The molecule has 2 nitrogen and oxygen atoms in total. The van der Waals surface area contributed by atoms with E-state index >= 15 is 0 Å². The smallest absolute Gasteiger partial charge is 0.133 e. The Morgan fingerprint density at radius 1 is 1.46 bits per heavy atom. The largest absolute Gasteiger partial charge is 0.300 e. The summed E-state index contributed by atoms with van der Waals surface area (Å²) >= 11 is 0. The van der Waals surface area contributed by atoms with E-state index in [1.807, 2.05) is 6.92 Å². The van der Waals surface area contributed by atoms with Crippen LogP contribution in [0.4, 0.5) is 0 Å². The molecule has 1 aliphatic carbocycles. The predicted molar refractivity (Wildman–Crippen MR) is 54.7 cm³/mol. The normalized spacial score (nSPS) is 20.4. The van der Waals surface area contributed by atoms with Gasteiger partial charge in [0.1, 0.15) is 5.78 Å². The van der Waals surface area contributed by atoms with Crippen LogP contribution in [-0.2, 0) is 4.79 Å². The Balaban J connectivity index is 2.30. The molecule has 0 radical (unpaired) electrons. The van der Waals surface area contributed by atoms with E-state index in [0.29, 0.717) is 11.8 Å². The third-order valence-electron chi connectivity index (χ3n) is 2.77. The van der Waals surface area contributed by atoms with Crippen LogP contribution in [0.15, 0.2) is 12.2 Å². The monoisotopic (exact) mass is 181 g/mol. The van der Waals surface area contributed by atoms with Crippen LogP contribution in [0.2, 0.25) is 0 Å². The maximum Gasteiger partial charge on any atom is 0.133 e. The summed E-state index contributed by atoms with van der Waals surface area (Å²) in [5.41, 5.74) is 0. The van der Waals surface area contributed by atoms with Crippen LogP contribution in [0.3, 0.4) is 0 Å². The molecule has 0 aliphatic heterocycles. The predicted octanol–water partition coefficient (Wildman–Crippen LogP) is 2.01. The van der Waals surface area contributed by atoms with Crippen LogP contribution in [0, 0.1) is 0 Å². The molecular weight excluding hydrogens is 162 g/mol. The van der Waals surface area contributed by atoms with Gasteiger partial charge in [0, 0.05) is 25.4 Å². The topological polar surface area (TPSA) is 20.3 Å². The van der Waals surface area contributed by atoms with Gasteiger partial charge >= 0.3 is 0 Å². The third-order valence-corrected chi connectivity index (χ3v) is 2.77. The minimum Gasteiger partial charge on any atom is -0.300 e. The maximum absolute atomic E-state index is 11.0. The molecule has 1 fully saturated rings. The zero-order valence-electron chi connectivity index (χ0n) is 8.62. The van der Waals surface area contributed by atoms with Crippen LogP contribution in [0.1, 0.15) is 32.6 Å². The number of Topliss-reactive ketones (excluding diaryl/α,β-unsaturated/α-hetero) is 1. The van der Waals surface area contributed by atoms with Gasteiger partial charge in [0.15, 0.2) is 0 Å². The molecule has 0 amide bonds. The Labute approximate surface area is 80.6 Å². The molecule has 0 heterocycles. The molecule has 0 N–H and O–H groups in total. The van der Waals surface area contributed by atoms with Crippen LogP contribution in [0.25, 0.3) is 0 Å². The first-order valence-corrected chi connectivity index (χ1v) is 5.07. The molecule has 1 saturated carbocycles. The summed E-state index contributed by atoms with van der Waals surface area (Å²) in [5.74, 6) is 0.440. The van der Waals surface area contributed by atoms with Crippen molar-refractivity contribution in [3.8, 4) is 0 Å². The lowest BCUT2D eigenvalue weighted by Gasteiger charge is -2.29. The van der Waals surface area contributed by atoms with Gasteiger partial charge in [0.05, 0.1) is 0 Å². The summed E-state index contributed by atoms with van der Waals surface area (Å²) < 4.78 is 0. The molecule has 0 bridgehead atoms. The molecule has 0 aromatic carbocycles. The van der Waals surface area contributed by atoms with Crippen molar-refractivity contribution < 1.29 is 4.79 Å². The number of carbonyl (C=O) groups excluding carboxylic acids is 1. The minimum atomic E-state index is 0.440. The fourth-order valence-corrected chi connectivity index (χ4v) is 1.79. The van der Waals surface area contributed by atoms with Crippen molar-refractivity contribution in [3.63, 3.8) is 0 Å². The van der Waals surface area contributed by atoms with Crippen LogP contribution in [-0.4, -0.2) is 30.3 Å². The summed E-state index contributed by atoms with van der Waals surface area (Å²) in [6, 6.07) is 0.619. The van der Waals surface area contributed by atoms with E-state index in [-0.39, 0.29) is 0 Å². The molecular formula is C11H19NO. The molecule has 0 aromatic heterocycles. The molecule has 0 spiro atoms. The van der Waals surface area contributed by atoms with E-state index < -0.39 is 0 Å². The Kier molecular flexibility index (Phi) is 4.16. The number of likely N-dealkylation sites (N-methyl/N-ethyl adjacent to an activating group) is 1. The zero-order valence-corrected chi connectivity index (χ0v) is 8.62. The molecule has 13 heavy (non-hydrogen) atoms. The number of hydrogen-bond acceptors (Lipinski definition) is 2. The van der Waals surface area contributed by atoms with Gasteiger partial charge in [-0.05, 0) is 26.8 Å². The first-order chi connectivity index (χ1) is 6.24. The van der Waals surface area contributed by atoms with E-state index in [4.69, 9.17) is 0 Å². The SMILES string of the molecule is CC=CCN(C)C1CCC(=O)CC1. The van der Waals surface area contributed by atoms with Crippen LogP contribution >= 0.6 is 0 Å². The van der Waals surface area contributed by atoms with E-state index in [0.717, 1.165) is 32.2 Å². The van der Waals surface area contributed by atoms with Crippen molar-refractivity contribution in [1.82, 2.24) is 4.90 Å². The minimum absolute atomic E-state index is 0.440. The van der Waals surface area contributed by atoms with Gasteiger partial charge in [-0.15, -0.1) is 0 Å². The van der Waals surface area contributed by atoms with Crippen molar-refractivity contribution in [2.75, 3.05) is 13.6 Å². The van der Waals surface area contributed by atoms with Gasteiger partial charge in [0.25, 0.3) is 0 Å². The molecule has 0 atom stereocenters. The molecule has 1 rings (SSSR count). The molecule has 1 aliphatic rings. The lowest BCUT2D eigenvalue weighted by atomic mass is 9.93. The lowest BCUT2D eigenvalue weighted by molar-refractivity contribution is -0.121. The molecule has 0 unspecified atom stereocenters. The Morgan fingerprint density at radius 3 is 2.62 bits per heavy atom. The second-order valence-corrected chi connectivity index (χ2v) is 3.78. The summed E-state index contributed by atoms with van der Waals surface area (Å²) in [5, 5.41) is 0. The van der Waals surface area contributed by atoms with Gasteiger partial charge in [-0.2, -0.15) is 0 Å². The fraction of sp³-hybridized carbons (Fsp3) is 0.727. The van der Waals surface area contributed by atoms with Crippen molar-refractivity contribution in [3.05, 3.63) is 12.2 Å². The molecule has 2 heteroatoms. The highest BCUT2D eigenvalue weighted by Gasteiger charge is 2.20. The summed E-state index contributed by atoms with van der Waals surface area (Å²) in [6.07, 6.45) is 7.90. The van der Waals surface area contributed by atoms with Gasteiger partial charge < -0.3 is 0 Å². The Bertz CT molecular complexity index is 188. The van der Waals surface area contributed by atoms with Crippen molar-refractivity contribution in [2.45, 2.75) is 38.6 Å². The second kappa shape index (κ2) is 5.18. The van der Waals surface area contributed by atoms with E-state index in [1.165, 1.54) is 0 Å². The van der Waals surface area contributed by atoms with Crippen molar-refractivity contribution in [2.24, 2.45) is 0 Å². The average molecular weight is 181 g/mol. The standard InChI is InChI=1S/C11H19NO/c1-3-4-9-12(2)10-5-7-11(13)8-6-10/h3-4,10H,5-9H2,1-2H3. The summed E-state index contributed by atoms with van der Waals surface area (Å²) in [4.78, 5) is 13.4. The lowest BCUT2D eigenvalue weighted by Crippen LogP contribution is -2.35. The van der Waals surface area contributed by atoms with Crippen molar-refractivity contribution >= 4 is 5.78 Å². The number of rotatable bonds is 3. The van der Waals surface area contributed by atoms with Gasteiger partial charge in [0.2, 0.25) is 0 Å². The quantitative estimate of drug-likeness (QED) is 0.621. The van der Waals surface area contributed by atoms with E-state index in [1.54, 1.807) is 0 Å². The van der Waals surface area contributed by atoms with Gasteiger partial charge in [-0.1, -0.05) is 12.2 Å². The number of hydrogen-bond donors (Lipinski definition) is 0. The number of carbonyl (C=O) groups is 1. The third kappa shape index (κ3) is 3.31. The first kappa shape index (κ1) is 10.5. The zero-order chi connectivity index (χ0) is 9.68. The van der Waals surface area contributed by atoms with Gasteiger partial charge in [-0.25, -0.2) is 0 Å². The van der Waals surface area contributed by atoms with E-state index in [2.05, 4.69) is 24.1 Å². The molecule has 74 valence electrons. The highest BCUT2D eigenvalue weighted by Crippen LogP contribution is 2.18. The average Bonchev–Trinajstić information content (AvgIpc) is 2.15. The molecule has 0 aromatic rings. The van der Waals surface area contributed by atoms with Crippen molar-refractivity contribution in [1.29, 1.82) is 0 Å². The number of ketones is 1. The maximum atomic E-state index is 11.0. The van der Waals surface area contributed by atoms with Crippen LogP contribution in [0.5, 0.6) is 0 Å². The summed E-state index contributed by atoms with van der Waals surface area (Å²) in [7, 11) is 2.14. The number of allylic oxidation sites excluding steroid dienone is 1. The first-order valence-electron chi connectivity index (χ1n) is 5.07.